The summed E-state index contributed by atoms with van der Waals surface area (Å²) in [7, 11) is 0. The van der Waals surface area contributed by atoms with Crippen molar-refractivity contribution in [2.45, 2.75) is 52.4 Å². The molecule has 0 aliphatic carbocycles. The second-order valence-corrected chi connectivity index (χ2v) is 2.41. The van der Waals surface area contributed by atoms with Crippen molar-refractivity contribution in [3.8, 4) is 0 Å². The van der Waals surface area contributed by atoms with Gasteiger partial charge in [-0.3, -0.25) is 0 Å². The van der Waals surface area contributed by atoms with E-state index in [2.05, 4.69) is 13.8 Å². The zero-order valence-electron chi connectivity index (χ0n) is 6.74. The molecule has 58 valence electrons. The Kier molecular flexibility index (Phi) is 15.0. The van der Waals surface area contributed by atoms with Crippen molar-refractivity contribution in [1.82, 2.24) is 0 Å². The molecule has 0 unspecified atom stereocenters. The van der Waals surface area contributed by atoms with Gasteiger partial charge in [-0.2, -0.15) is 13.5 Å². The van der Waals surface area contributed by atoms with Crippen LogP contribution in [0.5, 0.6) is 0 Å². The molecule has 0 saturated carbocycles. The monoisotopic (exact) mass is 148 g/mol. The second-order valence-electron chi connectivity index (χ2n) is 2.41. The highest BCUT2D eigenvalue weighted by Crippen LogP contribution is 2.03. The molecule has 0 nitrogen and oxygen atoms in total. The van der Waals surface area contributed by atoms with Gasteiger partial charge in [-0.1, -0.05) is 52.4 Å². The van der Waals surface area contributed by atoms with Crippen LogP contribution in [-0.4, -0.2) is 0 Å². The van der Waals surface area contributed by atoms with Gasteiger partial charge in [0.2, 0.25) is 0 Å². The normalized spacial score (nSPS) is 8.67. The average molecular weight is 148 g/mol. The van der Waals surface area contributed by atoms with E-state index in [0.29, 0.717) is 0 Å². The van der Waals surface area contributed by atoms with Crippen LogP contribution in [0.2, 0.25) is 0 Å². The summed E-state index contributed by atoms with van der Waals surface area (Å²) in [6.07, 6.45) is 8.49. The largest absolute Gasteiger partial charge is 0.197 e. The van der Waals surface area contributed by atoms with Crippen molar-refractivity contribution in [2.24, 2.45) is 0 Å². The van der Waals surface area contributed by atoms with Gasteiger partial charge in [0, 0.05) is 0 Å². The second kappa shape index (κ2) is 11.2. The summed E-state index contributed by atoms with van der Waals surface area (Å²) in [4.78, 5) is 0. The Bertz CT molecular complexity index is 29.5. The minimum atomic E-state index is 0. The molecule has 0 aromatic rings. The Hall–Kier alpha value is 0.350. The third-order valence-electron chi connectivity index (χ3n) is 1.46. The van der Waals surface area contributed by atoms with Gasteiger partial charge in [-0.05, 0) is 0 Å². The summed E-state index contributed by atoms with van der Waals surface area (Å²) in [6.45, 7) is 4.51. The molecule has 0 heterocycles. The summed E-state index contributed by atoms with van der Waals surface area (Å²) in [6, 6.07) is 0. The molecule has 0 spiro atoms. The SMILES string of the molecule is CCCCCCCC.S. The third kappa shape index (κ3) is 11.8. The smallest absolute Gasteiger partial charge is 0.0533 e. The quantitative estimate of drug-likeness (QED) is 0.524. The first-order valence-electron chi connectivity index (χ1n) is 3.91. The van der Waals surface area contributed by atoms with E-state index in [1.165, 1.54) is 38.5 Å². The average Bonchev–Trinajstić information content (AvgIpc) is 1.81. The van der Waals surface area contributed by atoms with Crippen LogP contribution in [0.15, 0.2) is 0 Å². The molecule has 0 radical (unpaired) electrons. The lowest BCUT2D eigenvalue weighted by Gasteiger charge is -1.93. The van der Waals surface area contributed by atoms with Crippen LogP contribution >= 0.6 is 13.5 Å². The first-order chi connectivity index (χ1) is 3.91. The van der Waals surface area contributed by atoms with E-state index in [4.69, 9.17) is 0 Å². The molecule has 0 atom stereocenters. The van der Waals surface area contributed by atoms with Crippen molar-refractivity contribution in [3.63, 3.8) is 0 Å². The molecule has 0 aliphatic heterocycles. The van der Waals surface area contributed by atoms with Crippen LogP contribution in [0.25, 0.3) is 0 Å². The van der Waals surface area contributed by atoms with Gasteiger partial charge in [0.1, 0.15) is 0 Å². The molecule has 1 heteroatoms. The molecule has 0 aromatic carbocycles. The van der Waals surface area contributed by atoms with E-state index in [-0.39, 0.29) is 13.5 Å². The van der Waals surface area contributed by atoms with E-state index >= 15 is 0 Å². The molecule has 9 heavy (non-hydrogen) atoms. The van der Waals surface area contributed by atoms with E-state index in [9.17, 15) is 0 Å². The molecule has 0 fully saturated rings. The minimum Gasteiger partial charge on any atom is -0.197 e. The van der Waals surface area contributed by atoms with E-state index < -0.39 is 0 Å². The van der Waals surface area contributed by atoms with Crippen LogP contribution in [-0.2, 0) is 0 Å². The molecule has 0 aliphatic rings. The maximum atomic E-state index is 2.26. The lowest BCUT2D eigenvalue weighted by molar-refractivity contribution is 0.624. The molecule has 0 aromatic heterocycles. The van der Waals surface area contributed by atoms with Crippen molar-refractivity contribution < 1.29 is 0 Å². The summed E-state index contributed by atoms with van der Waals surface area (Å²) in [5, 5.41) is 0. The fraction of sp³-hybridized carbons (Fsp3) is 1.00. The Labute approximate surface area is 66.5 Å². The van der Waals surface area contributed by atoms with Crippen molar-refractivity contribution in [3.05, 3.63) is 0 Å². The van der Waals surface area contributed by atoms with Crippen LogP contribution in [0.1, 0.15) is 52.4 Å². The summed E-state index contributed by atoms with van der Waals surface area (Å²) >= 11 is 0. The highest BCUT2D eigenvalue weighted by atomic mass is 32.1. The number of unbranched alkanes of at least 4 members (excludes halogenated alkanes) is 5. The van der Waals surface area contributed by atoms with Gasteiger partial charge < -0.3 is 0 Å². The molecule has 0 rings (SSSR count). The van der Waals surface area contributed by atoms with Gasteiger partial charge in [-0.25, -0.2) is 0 Å². The summed E-state index contributed by atoms with van der Waals surface area (Å²) in [5.74, 6) is 0. The van der Waals surface area contributed by atoms with Crippen LogP contribution in [0, 0.1) is 0 Å². The Balaban J connectivity index is 0. The maximum absolute atomic E-state index is 2.26. The van der Waals surface area contributed by atoms with Gasteiger partial charge >= 0.3 is 0 Å². The minimum absolute atomic E-state index is 0. The van der Waals surface area contributed by atoms with Gasteiger partial charge in [-0.15, -0.1) is 0 Å². The van der Waals surface area contributed by atoms with Crippen LogP contribution in [0.4, 0.5) is 0 Å². The Morgan fingerprint density at radius 2 is 1.00 bits per heavy atom. The zero-order chi connectivity index (χ0) is 6.24. The standard InChI is InChI=1S/C8H18.H2S/c1-3-5-7-8-6-4-2;/h3-8H2,1-2H3;1H2. The fourth-order valence-corrected chi connectivity index (χ4v) is 0.854. The molecular formula is C8H20S. The fourth-order valence-electron chi connectivity index (χ4n) is 0.854. The predicted molar refractivity (Wildman–Crippen MR) is 49.4 cm³/mol. The first-order valence-corrected chi connectivity index (χ1v) is 3.91. The number of rotatable bonds is 5. The summed E-state index contributed by atoms with van der Waals surface area (Å²) < 4.78 is 0. The number of hydrogen-bond donors (Lipinski definition) is 0. The predicted octanol–water partition coefficient (Wildman–Crippen LogP) is 3.48. The molecular weight excluding hydrogens is 128 g/mol. The highest BCUT2D eigenvalue weighted by molar-refractivity contribution is 7.59. The van der Waals surface area contributed by atoms with Crippen molar-refractivity contribution in [1.29, 1.82) is 0 Å². The lowest BCUT2D eigenvalue weighted by Crippen LogP contribution is -1.73. The van der Waals surface area contributed by atoms with Gasteiger partial charge in [0.15, 0.2) is 0 Å². The van der Waals surface area contributed by atoms with Crippen molar-refractivity contribution in [2.75, 3.05) is 0 Å². The Morgan fingerprint density at radius 1 is 0.667 bits per heavy atom. The molecule has 0 saturated heterocycles. The Morgan fingerprint density at radius 3 is 1.22 bits per heavy atom. The third-order valence-corrected chi connectivity index (χ3v) is 1.46. The van der Waals surface area contributed by atoms with E-state index in [1.807, 2.05) is 0 Å². The highest BCUT2D eigenvalue weighted by Gasteiger charge is 1.83. The zero-order valence-corrected chi connectivity index (χ0v) is 7.74. The van der Waals surface area contributed by atoms with E-state index in [1.54, 1.807) is 0 Å². The van der Waals surface area contributed by atoms with Gasteiger partial charge in [0.05, 0.1) is 0 Å². The lowest BCUT2D eigenvalue weighted by atomic mass is 10.1. The molecule has 0 N–H and O–H groups in total. The maximum Gasteiger partial charge on any atom is -0.0533 e. The first kappa shape index (κ1) is 12.1. The summed E-state index contributed by atoms with van der Waals surface area (Å²) in [5.41, 5.74) is 0. The topological polar surface area (TPSA) is 0 Å². The van der Waals surface area contributed by atoms with Crippen molar-refractivity contribution >= 4 is 13.5 Å². The molecule has 0 amide bonds. The molecule has 0 bridgehead atoms. The van der Waals surface area contributed by atoms with Gasteiger partial charge in [0.25, 0.3) is 0 Å². The van der Waals surface area contributed by atoms with E-state index in [0.717, 1.165) is 0 Å². The van der Waals surface area contributed by atoms with Crippen LogP contribution < -0.4 is 0 Å². The number of hydrogen-bond acceptors (Lipinski definition) is 0. The van der Waals surface area contributed by atoms with Crippen LogP contribution in [0.3, 0.4) is 0 Å².